The van der Waals surface area contributed by atoms with Crippen molar-refractivity contribution in [2.45, 2.75) is 44.9 Å². The van der Waals surface area contributed by atoms with Gasteiger partial charge in [-0.1, -0.05) is 35.0 Å². The van der Waals surface area contributed by atoms with Crippen molar-refractivity contribution in [3.63, 3.8) is 0 Å². The SMILES string of the molecule is Cc1ccc(Cn2cc(CN3CC(NC(=O)c4cn(C5CC5)nn4)C3)cn2)cc1. The van der Waals surface area contributed by atoms with E-state index in [1.165, 1.54) is 16.7 Å². The average molecular weight is 391 g/mol. The van der Waals surface area contributed by atoms with Gasteiger partial charge in [0, 0.05) is 31.4 Å². The predicted octanol–water partition coefficient (Wildman–Crippen LogP) is 1.78. The van der Waals surface area contributed by atoms with E-state index in [4.69, 9.17) is 0 Å². The van der Waals surface area contributed by atoms with Gasteiger partial charge in [-0.15, -0.1) is 5.10 Å². The number of rotatable bonds is 7. The molecule has 1 saturated heterocycles. The summed E-state index contributed by atoms with van der Waals surface area (Å²) in [6.45, 7) is 5.39. The number of aryl methyl sites for hydroxylation is 1. The Morgan fingerprint density at radius 1 is 1.10 bits per heavy atom. The minimum Gasteiger partial charge on any atom is -0.345 e. The lowest BCUT2D eigenvalue weighted by molar-refractivity contribution is 0.0790. The van der Waals surface area contributed by atoms with Crippen molar-refractivity contribution in [2.24, 2.45) is 0 Å². The van der Waals surface area contributed by atoms with Crippen molar-refractivity contribution in [3.8, 4) is 0 Å². The Balaban J connectivity index is 1.08. The lowest BCUT2D eigenvalue weighted by Crippen LogP contribution is -2.58. The number of likely N-dealkylation sites (tertiary alicyclic amines) is 1. The third-order valence-electron chi connectivity index (χ3n) is 5.51. The van der Waals surface area contributed by atoms with Crippen molar-refractivity contribution < 1.29 is 4.79 Å². The molecule has 1 aliphatic heterocycles. The Labute approximate surface area is 169 Å². The molecule has 1 N–H and O–H groups in total. The molecule has 8 nitrogen and oxygen atoms in total. The summed E-state index contributed by atoms with van der Waals surface area (Å²) < 4.78 is 3.78. The Morgan fingerprint density at radius 3 is 2.66 bits per heavy atom. The summed E-state index contributed by atoms with van der Waals surface area (Å²) >= 11 is 0. The molecule has 0 bridgehead atoms. The second-order valence-electron chi connectivity index (χ2n) is 8.21. The molecule has 1 aromatic carbocycles. The van der Waals surface area contributed by atoms with Crippen molar-refractivity contribution in [1.29, 1.82) is 0 Å². The van der Waals surface area contributed by atoms with Crippen LogP contribution in [0.5, 0.6) is 0 Å². The highest BCUT2D eigenvalue weighted by molar-refractivity contribution is 5.92. The zero-order valence-electron chi connectivity index (χ0n) is 16.5. The van der Waals surface area contributed by atoms with Gasteiger partial charge in [-0.05, 0) is 25.3 Å². The van der Waals surface area contributed by atoms with Gasteiger partial charge in [0.15, 0.2) is 5.69 Å². The molecule has 150 valence electrons. The highest BCUT2D eigenvalue weighted by Crippen LogP contribution is 2.33. The number of nitrogens with one attached hydrogen (secondary N) is 1. The van der Waals surface area contributed by atoms with Gasteiger partial charge in [-0.25, -0.2) is 4.68 Å². The fraction of sp³-hybridized carbons (Fsp3) is 0.429. The van der Waals surface area contributed by atoms with Crippen LogP contribution >= 0.6 is 0 Å². The van der Waals surface area contributed by atoms with Gasteiger partial charge in [0.1, 0.15) is 0 Å². The second-order valence-corrected chi connectivity index (χ2v) is 8.21. The first kappa shape index (κ1) is 18.1. The topological polar surface area (TPSA) is 80.9 Å². The minimum atomic E-state index is -0.132. The van der Waals surface area contributed by atoms with E-state index in [0.717, 1.165) is 39.0 Å². The molecule has 0 radical (unpaired) electrons. The highest BCUT2D eigenvalue weighted by Gasteiger charge is 2.30. The molecular weight excluding hydrogens is 366 g/mol. The molecule has 5 rings (SSSR count). The molecule has 3 aromatic rings. The maximum atomic E-state index is 12.3. The monoisotopic (exact) mass is 391 g/mol. The van der Waals surface area contributed by atoms with E-state index >= 15 is 0 Å². The van der Waals surface area contributed by atoms with Crippen LogP contribution in [0.25, 0.3) is 0 Å². The molecule has 0 atom stereocenters. The van der Waals surface area contributed by atoms with E-state index in [1.807, 2.05) is 10.9 Å². The highest BCUT2D eigenvalue weighted by atomic mass is 16.2. The molecule has 29 heavy (non-hydrogen) atoms. The van der Waals surface area contributed by atoms with Crippen LogP contribution in [-0.2, 0) is 13.1 Å². The van der Waals surface area contributed by atoms with E-state index in [2.05, 4.69) is 63.0 Å². The molecule has 1 amide bonds. The molecule has 0 unspecified atom stereocenters. The summed E-state index contributed by atoms with van der Waals surface area (Å²) in [5.41, 5.74) is 4.11. The van der Waals surface area contributed by atoms with E-state index in [9.17, 15) is 4.79 Å². The Morgan fingerprint density at radius 2 is 1.90 bits per heavy atom. The first-order valence-corrected chi connectivity index (χ1v) is 10.1. The number of amides is 1. The summed E-state index contributed by atoms with van der Waals surface area (Å²) in [5, 5.41) is 15.6. The number of carbonyl (C=O) groups is 1. The van der Waals surface area contributed by atoms with Crippen LogP contribution in [-0.4, -0.2) is 54.7 Å². The van der Waals surface area contributed by atoms with Crippen molar-refractivity contribution in [1.82, 2.24) is 35.0 Å². The van der Waals surface area contributed by atoms with Crippen LogP contribution in [0, 0.1) is 6.92 Å². The molecule has 3 heterocycles. The second kappa shape index (κ2) is 7.44. The van der Waals surface area contributed by atoms with Crippen LogP contribution in [0.15, 0.2) is 42.9 Å². The van der Waals surface area contributed by atoms with Crippen molar-refractivity contribution in [3.05, 3.63) is 65.2 Å². The summed E-state index contributed by atoms with van der Waals surface area (Å²) in [6, 6.07) is 9.14. The molecule has 2 fully saturated rings. The summed E-state index contributed by atoms with van der Waals surface area (Å²) in [6.07, 6.45) is 8.04. The van der Waals surface area contributed by atoms with Crippen LogP contribution < -0.4 is 5.32 Å². The number of nitrogens with zero attached hydrogens (tertiary/aromatic N) is 6. The van der Waals surface area contributed by atoms with Crippen molar-refractivity contribution >= 4 is 5.91 Å². The summed E-state index contributed by atoms with van der Waals surface area (Å²) in [5.74, 6) is -0.132. The molecule has 8 heteroatoms. The number of benzene rings is 1. The van der Waals surface area contributed by atoms with Crippen LogP contribution in [0.1, 0.15) is 46.1 Å². The van der Waals surface area contributed by atoms with Gasteiger partial charge < -0.3 is 5.32 Å². The molecule has 0 spiro atoms. The van der Waals surface area contributed by atoms with Gasteiger partial charge in [0.05, 0.1) is 31.0 Å². The van der Waals surface area contributed by atoms with Gasteiger partial charge >= 0.3 is 0 Å². The Bertz CT molecular complexity index is 996. The number of aromatic nitrogens is 5. The zero-order valence-corrected chi connectivity index (χ0v) is 16.5. The maximum absolute atomic E-state index is 12.3. The molecule has 1 aliphatic carbocycles. The van der Waals surface area contributed by atoms with Gasteiger partial charge in [0.2, 0.25) is 0 Å². The Kier molecular flexibility index (Phi) is 4.63. The largest absolute Gasteiger partial charge is 0.345 e. The molecule has 1 saturated carbocycles. The molecular formula is C21H25N7O. The molecule has 2 aliphatic rings. The lowest BCUT2D eigenvalue weighted by Gasteiger charge is -2.39. The molecule has 2 aromatic heterocycles. The van der Waals surface area contributed by atoms with Gasteiger partial charge in [-0.3, -0.25) is 14.4 Å². The number of hydrogen-bond acceptors (Lipinski definition) is 5. The van der Waals surface area contributed by atoms with E-state index < -0.39 is 0 Å². The van der Waals surface area contributed by atoms with Crippen LogP contribution in [0.3, 0.4) is 0 Å². The van der Waals surface area contributed by atoms with Gasteiger partial charge in [0.25, 0.3) is 5.91 Å². The van der Waals surface area contributed by atoms with E-state index in [1.54, 1.807) is 10.9 Å². The number of hydrogen-bond donors (Lipinski definition) is 1. The quantitative estimate of drug-likeness (QED) is 0.664. The maximum Gasteiger partial charge on any atom is 0.273 e. The number of carbonyl (C=O) groups excluding carboxylic acids is 1. The lowest BCUT2D eigenvalue weighted by atomic mass is 10.1. The van der Waals surface area contributed by atoms with Crippen LogP contribution in [0.4, 0.5) is 0 Å². The zero-order chi connectivity index (χ0) is 19.8. The third-order valence-corrected chi connectivity index (χ3v) is 5.51. The smallest absolute Gasteiger partial charge is 0.273 e. The minimum absolute atomic E-state index is 0.132. The Hall–Kier alpha value is -3.00. The summed E-state index contributed by atoms with van der Waals surface area (Å²) in [4.78, 5) is 14.6. The van der Waals surface area contributed by atoms with E-state index in [0.29, 0.717) is 11.7 Å². The third kappa shape index (κ3) is 4.22. The predicted molar refractivity (Wildman–Crippen MR) is 107 cm³/mol. The van der Waals surface area contributed by atoms with Crippen LogP contribution in [0.2, 0.25) is 0 Å². The standard InChI is InChI=1S/C21H25N7O/c1-15-2-4-16(5-3-15)10-27-11-17(8-22-27)9-26-12-18(13-26)23-21(29)20-14-28(25-24-20)19-6-7-19/h2-5,8,11,14,18-19H,6-7,9-10,12-13H2,1H3,(H,23,29). The average Bonchev–Trinajstić information content (AvgIpc) is 3.24. The first-order valence-electron chi connectivity index (χ1n) is 10.1. The van der Waals surface area contributed by atoms with Crippen molar-refractivity contribution in [2.75, 3.05) is 13.1 Å². The first-order chi connectivity index (χ1) is 14.1. The van der Waals surface area contributed by atoms with E-state index in [-0.39, 0.29) is 11.9 Å². The fourth-order valence-electron chi connectivity index (χ4n) is 3.66. The normalized spacial score (nSPS) is 17.3. The fourth-order valence-corrected chi connectivity index (χ4v) is 3.66. The van der Waals surface area contributed by atoms with Gasteiger partial charge in [-0.2, -0.15) is 5.10 Å². The summed E-state index contributed by atoms with van der Waals surface area (Å²) in [7, 11) is 0.